The van der Waals surface area contributed by atoms with E-state index in [0.717, 1.165) is 28.5 Å². The fraction of sp³-hybridized carbons (Fsp3) is 0.167. The van der Waals surface area contributed by atoms with Crippen molar-refractivity contribution in [2.75, 3.05) is 13.2 Å². The normalized spacial score (nSPS) is 20.9. The minimum absolute atomic E-state index is 0.257. The number of fused-ring (bicyclic) bond motifs is 4. The van der Waals surface area contributed by atoms with Gasteiger partial charge >= 0.3 is 7.60 Å². The van der Waals surface area contributed by atoms with Crippen molar-refractivity contribution in [2.45, 2.75) is 13.8 Å². The molecule has 0 radical (unpaired) electrons. The number of rotatable bonds is 5. The molecule has 32 heavy (non-hydrogen) atoms. The quantitative estimate of drug-likeness (QED) is 0.548. The summed E-state index contributed by atoms with van der Waals surface area (Å²) in [7, 11) is -3.54. The zero-order valence-electron chi connectivity index (χ0n) is 17.7. The van der Waals surface area contributed by atoms with Crippen LogP contribution < -0.4 is 0 Å². The van der Waals surface area contributed by atoms with E-state index in [0.29, 0.717) is 22.4 Å². The van der Waals surface area contributed by atoms with E-state index >= 15 is 0 Å². The molecule has 0 aromatic heterocycles. The first kappa shape index (κ1) is 20.6. The molecular weight excluding hydrogens is 423 g/mol. The Labute approximate surface area is 186 Å². The second-order valence-electron chi connectivity index (χ2n) is 7.25. The monoisotopic (exact) mass is 444 g/mol. The molecule has 0 unspecified atom stereocenters. The molecular formula is C24H21N4O3P. The lowest BCUT2D eigenvalue weighted by Gasteiger charge is -2.18. The number of nitrogens with zero attached hydrogens (tertiary/aromatic N) is 4. The van der Waals surface area contributed by atoms with Crippen LogP contribution in [0.15, 0.2) is 115 Å². The molecule has 0 saturated carbocycles. The summed E-state index contributed by atoms with van der Waals surface area (Å²) in [6.45, 7) is 4.09. The van der Waals surface area contributed by atoms with E-state index in [2.05, 4.69) is 15.0 Å². The van der Waals surface area contributed by atoms with Crippen LogP contribution in [0.3, 0.4) is 0 Å². The van der Waals surface area contributed by atoms with Gasteiger partial charge < -0.3 is 9.05 Å². The minimum atomic E-state index is -3.54. The van der Waals surface area contributed by atoms with Crippen molar-refractivity contribution in [1.29, 1.82) is 0 Å². The number of aliphatic imine (C=N–C) groups is 4. The Morgan fingerprint density at radius 3 is 1.59 bits per heavy atom. The number of allylic oxidation sites excluding steroid dienone is 12. The maximum atomic E-state index is 13.6. The standard InChI is InChI=1S/C24H21N4O3P/c1-3-30-32(29,31-4-2)24-15-22-13-20-8-7-18(26-20)11-16-5-6-17(25-16)12-19-9-10-21(27-19)14-23(24)28-22/h5-15H,3-4H2,1-2H3. The van der Waals surface area contributed by atoms with Gasteiger partial charge in [-0.1, -0.05) is 0 Å². The maximum absolute atomic E-state index is 13.6. The van der Waals surface area contributed by atoms with Crippen molar-refractivity contribution < 1.29 is 13.6 Å². The molecule has 160 valence electrons. The van der Waals surface area contributed by atoms with Gasteiger partial charge in [-0.05, 0) is 80.7 Å². The molecule has 5 aliphatic heterocycles. The van der Waals surface area contributed by atoms with Gasteiger partial charge in [0.05, 0.1) is 64.2 Å². The molecule has 0 N–H and O–H groups in total. The molecule has 0 aromatic carbocycles. The fourth-order valence-corrected chi connectivity index (χ4v) is 5.34. The van der Waals surface area contributed by atoms with E-state index in [4.69, 9.17) is 14.0 Å². The van der Waals surface area contributed by atoms with Gasteiger partial charge in [0.25, 0.3) is 0 Å². The minimum Gasteiger partial charge on any atom is -0.305 e. The van der Waals surface area contributed by atoms with Crippen LogP contribution >= 0.6 is 7.60 Å². The van der Waals surface area contributed by atoms with Crippen molar-refractivity contribution >= 4 is 30.4 Å². The van der Waals surface area contributed by atoms with Crippen LogP contribution in [0.25, 0.3) is 0 Å². The highest BCUT2D eigenvalue weighted by atomic mass is 31.2. The Hall–Kier alpha value is -3.25. The number of hydrogen-bond donors (Lipinski definition) is 0. The summed E-state index contributed by atoms with van der Waals surface area (Å²) in [5, 5.41) is 0.422. The lowest BCUT2D eigenvalue weighted by atomic mass is 10.2. The Kier molecular flexibility index (Phi) is 5.39. The predicted octanol–water partition coefficient (Wildman–Crippen LogP) is 5.17. The third kappa shape index (κ3) is 4.10. The van der Waals surface area contributed by atoms with Gasteiger partial charge in [0.15, 0.2) is 0 Å². The van der Waals surface area contributed by atoms with Gasteiger partial charge in [-0.25, -0.2) is 20.0 Å². The molecule has 0 fully saturated rings. The van der Waals surface area contributed by atoms with Crippen molar-refractivity contribution in [3.63, 3.8) is 0 Å². The molecule has 7 nitrogen and oxygen atoms in total. The second-order valence-corrected chi connectivity index (χ2v) is 9.24. The second kappa shape index (κ2) is 8.36. The summed E-state index contributed by atoms with van der Waals surface area (Å²) in [4.78, 5) is 18.6. The van der Waals surface area contributed by atoms with Gasteiger partial charge in [-0.15, -0.1) is 0 Å². The third-order valence-electron chi connectivity index (χ3n) is 4.91. The first-order chi connectivity index (χ1) is 15.5. The Balaban J connectivity index is 1.65. The van der Waals surface area contributed by atoms with Crippen LogP contribution in [0.2, 0.25) is 0 Å². The van der Waals surface area contributed by atoms with Crippen molar-refractivity contribution in [1.82, 2.24) is 0 Å². The van der Waals surface area contributed by atoms with Crippen molar-refractivity contribution in [3.8, 4) is 0 Å². The lowest BCUT2D eigenvalue weighted by molar-refractivity contribution is 0.227. The molecule has 8 heteroatoms. The van der Waals surface area contributed by atoms with Gasteiger partial charge in [0, 0.05) is 0 Å². The van der Waals surface area contributed by atoms with E-state index in [1.54, 1.807) is 26.0 Å². The molecule has 5 aliphatic rings. The summed E-state index contributed by atoms with van der Waals surface area (Å²) in [5.74, 6) is 0. The zero-order valence-corrected chi connectivity index (χ0v) is 18.6. The van der Waals surface area contributed by atoms with Crippen LogP contribution in [0.4, 0.5) is 0 Å². The Morgan fingerprint density at radius 2 is 1.09 bits per heavy atom. The Morgan fingerprint density at radius 1 is 0.625 bits per heavy atom. The summed E-state index contributed by atoms with van der Waals surface area (Å²) >= 11 is 0. The zero-order chi connectivity index (χ0) is 22.1. The van der Waals surface area contributed by atoms with Gasteiger partial charge in [0.2, 0.25) is 0 Å². The molecule has 0 saturated heterocycles. The van der Waals surface area contributed by atoms with E-state index in [1.165, 1.54) is 0 Å². The van der Waals surface area contributed by atoms with Gasteiger partial charge in [-0.3, -0.25) is 4.57 Å². The maximum Gasteiger partial charge on any atom is 0.363 e. The van der Waals surface area contributed by atoms with E-state index < -0.39 is 7.60 Å². The highest BCUT2D eigenvalue weighted by Crippen LogP contribution is 2.60. The predicted molar refractivity (Wildman–Crippen MR) is 128 cm³/mol. The van der Waals surface area contributed by atoms with Crippen LogP contribution in [-0.2, 0) is 13.6 Å². The van der Waals surface area contributed by atoms with Crippen LogP contribution in [-0.4, -0.2) is 36.1 Å². The van der Waals surface area contributed by atoms with Crippen molar-refractivity contribution in [2.24, 2.45) is 20.0 Å². The smallest absolute Gasteiger partial charge is 0.305 e. The molecule has 8 bridgehead atoms. The van der Waals surface area contributed by atoms with Crippen LogP contribution in [0, 0.1) is 0 Å². The van der Waals surface area contributed by atoms with Crippen LogP contribution in [0.1, 0.15) is 13.8 Å². The molecule has 5 heterocycles. The molecule has 0 amide bonds. The summed E-state index contributed by atoms with van der Waals surface area (Å²) in [5.41, 5.74) is 5.79. The average Bonchev–Trinajstić information content (AvgIpc) is 3.53. The molecule has 5 rings (SSSR count). The summed E-state index contributed by atoms with van der Waals surface area (Å²) in [6.07, 6.45) is 20.7. The third-order valence-corrected chi connectivity index (χ3v) is 7.06. The van der Waals surface area contributed by atoms with E-state index in [1.807, 2.05) is 54.7 Å². The van der Waals surface area contributed by atoms with Crippen LogP contribution in [0.5, 0.6) is 0 Å². The topological polar surface area (TPSA) is 85.0 Å². The van der Waals surface area contributed by atoms with Gasteiger partial charge in [0.1, 0.15) is 0 Å². The highest BCUT2D eigenvalue weighted by Gasteiger charge is 2.35. The molecule has 0 spiro atoms. The Bertz CT molecular complexity index is 1300. The SMILES string of the molecule is CCOP(=O)(OCC)C1=CC2=NC1=CC1=NC(=CC3=NC(=CC4=NC(=C2)C=C4)C=C3)C=C1. The van der Waals surface area contributed by atoms with E-state index in [9.17, 15) is 4.57 Å². The molecule has 0 atom stereocenters. The fourth-order valence-electron chi connectivity index (χ4n) is 3.62. The summed E-state index contributed by atoms with van der Waals surface area (Å²) in [6, 6.07) is 0. The average molecular weight is 444 g/mol. The van der Waals surface area contributed by atoms with E-state index in [-0.39, 0.29) is 13.2 Å². The molecule has 0 aliphatic carbocycles. The van der Waals surface area contributed by atoms with Crippen molar-refractivity contribution in [3.05, 3.63) is 94.9 Å². The highest BCUT2D eigenvalue weighted by molar-refractivity contribution is 7.59. The first-order valence-electron chi connectivity index (χ1n) is 10.4. The largest absolute Gasteiger partial charge is 0.363 e. The summed E-state index contributed by atoms with van der Waals surface area (Å²) < 4.78 is 24.7. The molecule has 0 aromatic rings. The first-order valence-corrected chi connectivity index (χ1v) is 12.0. The lowest BCUT2D eigenvalue weighted by Crippen LogP contribution is -2.00. The number of hydrogen-bond acceptors (Lipinski definition) is 7. The van der Waals surface area contributed by atoms with Gasteiger partial charge in [-0.2, -0.15) is 0 Å².